The molecule has 0 spiro atoms. The summed E-state index contributed by atoms with van der Waals surface area (Å²) in [6.45, 7) is 0.481. The molecule has 1 aliphatic carbocycles. The van der Waals surface area contributed by atoms with Crippen molar-refractivity contribution >= 4 is 17.2 Å². The highest BCUT2D eigenvalue weighted by Crippen LogP contribution is 2.42. The van der Waals surface area contributed by atoms with Gasteiger partial charge < -0.3 is 5.32 Å². The van der Waals surface area contributed by atoms with Crippen LogP contribution in [-0.4, -0.2) is 22.2 Å². The number of alkyl halides is 3. The van der Waals surface area contributed by atoms with Gasteiger partial charge in [0.2, 0.25) is 0 Å². The maximum atomic E-state index is 12.8. The highest BCUT2D eigenvalue weighted by Gasteiger charge is 2.37. The molecule has 0 aliphatic heterocycles. The third kappa shape index (κ3) is 3.32. The molecule has 1 amide bonds. The van der Waals surface area contributed by atoms with Gasteiger partial charge in [-0.1, -0.05) is 6.07 Å². The zero-order valence-electron chi connectivity index (χ0n) is 11.6. The normalized spacial score (nSPS) is 15.0. The first-order valence-electron chi connectivity index (χ1n) is 6.92. The van der Waals surface area contributed by atoms with Gasteiger partial charge in [-0.05, 0) is 30.4 Å². The zero-order chi connectivity index (χ0) is 15.7. The van der Waals surface area contributed by atoms with E-state index in [0.29, 0.717) is 10.6 Å². The Hall–Kier alpha value is -1.83. The number of hydrogen-bond acceptors (Lipinski definition) is 3. The number of rotatable bonds is 5. The Bertz CT molecular complexity index is 659. The molecule has 2 aromatic rings. The van der Waals surface area contributed by atoms with Gasteiger partial charge in [0, 0.05) is 18.2 Å². The van der Waals surface area contributed by atoms with Gasteiger partial charge in [-0.15, -0.1) is 11.3 Å². The second kappa shape index (κ2) is 5.75. The molecular weight excluding hydrogens is 315 g/mol. The maximum Gasteiger partial charge on any atom is 0.435 e. The summed E-state index contributed by atoms with van der Waals surface area (Å²) < 4.78 is 39.6. The molecule has 1 N–H and O–H groups in total. The van der Waals surface area contributed by atoms with Gasteiger partial charge >= 0.3 is 6.18 Å². The monoisotopic (exact) mass is 329 g/mol. The lowest BCUT2D eigenvalue weighted by Gasteiger charge is -2.07. The number of hydrogen-bond donors (Lipinski definition) is 1. The van der Waals surface area contributed by atoms with Crippen LogP contribution in [0.15, 0.2) is 23.6 Å². The third-order valence-corrected chi connectivity index (χ3v) is 4.32. The van der Waals surface area contributed by atoms with Crippen LogP contribution in [0.5, 0.6) is 0 Å². The number of nitrogens with one attached hydrogen (secondary N) is 1. The molecule has 1 fully saturated rings. The van der Waals surface area contributed by atoms with E-state index in [-0.39, 0.29) is 24.9 Å². The number of aromatic nitrogens is 2. The predicted octanol–water partition coefficient (Wildman–Crippen LogP) is 3.27. The second-order valence-corrected chi connectivity index (χ2v) is 6.13. The van der Waals surface area contributed by atoms with E-state index in [1.165, 1.54) is 16.0 Å². The SMILES string of the molecule is O=C(NCCn1nc(C(F)(F)F)cc1C1CC1)c1cccs1. The van der Waals surface area contributed by atoms with Crippen molar-refractivity contribution in [1.29, 1.82) is 0 Å². The molecule has 2 heterocycles. The number of halogens is 3. The van der Waals surface area contributed by atoms with Crippen molar-refractivity contribution in [3.8, 4) is 0 Å². The van der Waals surface area contributed by atoms with E-state index in [0.717, 1.165) is 18.9 Å². The molecule has 0 unspecified atom stereocenters. The summed E-state index contributed by atoms with van der Waals surface area (Å²) in [5, 5.41) is 8.14. The molecule has 4 nitrogen and oxygen atoms in total. The molecule has 1 saturated carbocycles. The van der Waals surface area contributed by atoms with Gasteiger partial charge in [0.15, 0.2) is 5.69 Å². The third-order valence-electron chi connectivity index (χ3n) is 3.45. The van der Waals surface area contributed by atoms with Crippen molar-refractivity contribution in [2.75, 3.05) is 6.54 Å². The molecule has 0 aromatic carbocycles. The van der Waals surface area contributed by atoms with Crippen LogP contribution in [0.25, 0.3) is 0 Å². The lowest BCUT2D eigenvalue weighted by molar-refractivity contribution is -0.141. The van der Waals surface area contributed by atoms with E-state index in [2.05, 4.69) is 10.4 Å². The number of nitrogens with zero attached hydrogens (tertiary/aromatic N) is 2. The van der Waals surface area contributed by atoms with Crippen LogP contribution in [0.1, 0.15) is 39.8 Å². The Balaban J connectivity index is 1.64. The average molecular weight is 329 g/mol. The molecule has 8 heteroatoms. The van der Waals surface area contributed by atoms with Crippen LogP contribution in [0.2, 0.25) is 0 Å². The van der Waals surface area contributed by atoms with Crippen molar-refractivity contribution in [1.82, 2.24) is 15.1 Å². The van der Waals surface area contributed by atoms with Gasteiger partial charge in [0.25, 0.3) is 5.91 Å². The molecule has 0 atom stereocenters. The lowest BCUT2D eigenvalue weighted by atomic mass is 10.2. The van der Waals surface area contributed by atoms with Crippen LogP contribution < -0.4 is 5.32 Å². The maximum absolute atomic E-state index is 12.8. The predicted molar refractivity (Wildman–Crippen MR) is 75.9 cm³/mol. The molecule has 118 valence electrons. The number of carbonyl (C=O) groups is 1. The van der Waals surface area contributed by atoms with E-state index in [1.54, 1.807) is 17.5 Å². The fourth-order valence-electron chi connectivity index (χ4n) is 2.23. The second-order valence-electron chi connectivity index (χ2n) is 5.18. The van der Waals surface area contributed by atoms with Crippen LogP contribution in [0, 0.1) is 0 Å². The molecule has 22 heavy (non-hydrogen) atoms. The van der Waals surface area contributed by atoms with Crippen molar-refractivity contribution in [2.24, 2.45) is 0 Å². The summed E-state index contributed by atoms with van der Waals surface area (Å²) >= 11 is 1.32. The zero-order valence-corrected chi connectivity index (χ0v) is 12.4. The van der Waals surface area contributed by atoms with E-state index < -0.39 is 11.9 Å². The first kappa shape index (κ1) is 15.1. The molecule has 3 rings (SSSR count). The minimum absolute atomic E-state index is 0.164. The standard InChI is InChI=1S/C14H14F3N3OS/c15-14(16,17)12-8-10(9-3-4-9)20(19-12)6-5-18-13(21)11-2-1-7-22-11/h1-2,7-9H,3-6H2,(H,18,21). The Morgan fingerprint density at radius 1 is 1.45 bits per heavy atom. The molecule has 2 aromatic heterocycles. The minimum Gasteiger partial charge on any atom is -0.349 e. The topological polar surface area (TPSA) is 46.9 Å². The van der Waals surface area contributed by atoms with E-state index >= 15 is 0 Å². The van der Waals surface area contributed by atoms with Gasteiger partial charge in [-0.2, -0.15) is 18.3 Å². The largest absolute Gasteiger partial charge is 0.435 e. The average Bonchev–Trinajstić information content (AvgIpc) is 2.99. The quantitative estimate of drug-likeness (QED) is 0.915. The van der Waals surface area contributed by atoms with Gasteiger partial charge in [-0.3, -0.25) is 9.48 Å². The van der Waals surface area contributed by atoms with E-state index in [4.69, 9.17) is 0 Å². The Morgan fingerprint density at radius 3 is 2.82 bits per heavy atom. The highest BCUT2D eigenvalue weighted by molar-refractivity contribution is 7.12. The smallest absolute Gasteiger partial charge is 0.349 e. The summed E-state index contributed by atoms with van der Waals surface area (Å²) in [6.07, 6.45) is -2.65. The molecule has 0 radical (unpaired) electrons. The van der Waals surface area contributed by atoms with Crippen LogP contribution in [0.4, 0.5) is 13.2 Å². The van der Waals surface area contributed by atoms with Crippen molar-refractivity contribution < 1.29 is 18.0 Å². The highest BCUT2D eigenvalue weighted by atomic mass is 32.1. The number of thiophene rings is 1. The van der Waals surface area contributed by atoms with Crippen LogP contribution in [-0.2, 0) is 12.7 Å². The van der Waals surface area contributed by atoms with E-state index in [1.807, 2.05) is 0 Å². The molecule has 1 aliphatic rings. The van der Waals surface area contributed by atoms with Crippen molar-refractivity contribution in [3.05, 3.63) is 39.8 Å². The summed E-state index contributed by atoms with van der Waals surface area (Å²) in [4.78, 5) is 12.4. The number of carbonyl (C=O) groups excluding carboxylic acids is 1. The Kier molecular flexibility index (Phi) is 3.94. The van der Waals surface area contributed by atoms with Gasteiger partial charge in [0.05, 0.1) is 11.4 Å². The summed E-state index contributed by atoms with van der Waals surface area (Å²) in [5.74, 6) is -0.0530. The first-order chi connectivity index (χ1) is 10.4. The summed E-state index contributed by atoms with van der Waals surface area (Å²) in [7, 11) is 0. The van der Waals surface area contributed by atoms with Crippen LogP contribution >= 0.6 is 11.3 Å². The van der Waals surface area contributed by atoms with E-state index in [9.17, 15) is 18.0 Å². The van der Waals surface area contributed by atoms with Crippen molar-refractivity contribution in [3.63, 3.8) is 0 Å². The summed E-state index contributed by atoms with van der Waals surface area (Å²) in [6, 6.07) is 4.60. The summed E-state index contributed by atoms with van der Waals surface area (Å²) in [5.41, 5.74) is -0.253. The van der Waals surface area contributed by atoms with Crippen molar-refractivity contribution in [2.45, 2.75) is 31.5 Å². The number of amides is 1. The molecule has 0 saturated heterocycles. The van der Waals surface area contributed by atoms with Gasteiger partial charge in [-0.25, -0.2) is 0 Å². The fraction of sp³-hybridized carbons (Fsp3) is 0.429. The van der Waals surface area contributed by atoms with Gasteiger partial charge in [0.1, 0.15) is 0 Å². The Labute approximate surface area is 128 Å². The fourth-order valence-corrected chi connectivity index (χ4v) is 2.87. The molecule has 0 bridgehead atoms. The Morgan fingerprint density at radius 2 is 2.23 bits per heavy atom. The first-order valence-corrected chi connectivity index (χ1v) is 7.80. The minimum atomic E-state index is -4.44. The van der Waals surface area contributed by atoms with Crippen LogP contribution in [0.3, 0.4) is 0 Å². The lowest BCUT2D eigenvalue weighted by Crippen LogP contribution is -2.27. The molecular formula is C14H14F3N3OS.